The predicted octanol–water partition coefficient (Wildman–Crippen LogP) is 3.51. The summed E-state index contributed by atoms with van der Waals surface area (Å²) < 4.78 is 0. The lowest BCUT2D eigenvalue weighted by Crippen LogP contribution is -2.16. The van der Waals surface area contributed by atoms with Gasteiger partial charge in [0.05, 0.1) is 5.71 Å². The van der Waals surface area contributed by atoms with E-state index in [2.05, 4.69) is 5.16 Å². The molecule has 1 fully saturated rings. The second kappa shape index (κ2) is 4.64. The second-order valence-electron chi connectivity index (χ2n) is 4.78. The number of rotatable bonds is 1. The van der Waals surface area contributed by atoms with Gasteiger partial charge in [-0.25, -0.2) is 0 Å². The molecular weight excluding hydrogens is 162 g/mol. The molecule has 1 aliphatic carbocycles. The zero-order chi connectivity index (χ0) is 9.73. The van der Waals surface area contributed by atoms with Gasteiger partial charge in [-0.05, 0) is 46.5 Å². The van der Waals surface area contributed by atoms with Gasteiger partial charge in [0.1, 0.15) is 5.60 Å². The van der Waals surface area contributed by atoms with E-state index in [4.69, 9.17) is 4.84 Å². The van der Waals surface area contributed by atoms with Crippen molar-refractivity contribution in [2.24, 2.45) is 5.16 Å². The maximum absolute atomic E-state index is 5.41. The lowest BCUT2D eigenvalue weighted by atomic mass is 10.2. The molecule has 0 amide bonds. The van der Waals surface area contributed by atoms with E-state index >= 15 is 0 Å². The summed E-state index contributed by atoms with van der Waals surface area (Å²) in [5.74, 6) is 0. The molecule has 13 heavy (non-hydrogen) atoms. The Kier molecular flexibility index (Phi) is 3.76. The Morgan fingerprint density at radius 2 is 1.54 bits per heavy atom. The molecule has 2 heteroatoms. The van der Waals surface area contributed by atoms with Crippen LogP contribution in [0.2, 0.25) is 0 Å². The zero-order valence-electron chi connectivity index (χ0n) is 9.10. The molecule has 1 saturated carbocycles. The molecule has 0 aromatic heterocycles. The fourth-order valence-corrected chi connectivity index (χ4v) is 1.43. The quantitative estimate of drug-likeness (QED) is 0.450. The van der Waals surface area contributed by atoms with Crippen molar-refractivity contribution in [3.8, 4) is 0 Å². The number of nitrogens with zero attached hydrogens (tertiary/aromatic N) is 1. The normalized spacial score (nSPS) is 19.5. The largest absolute Gasteiger partial charge is 0.390 e. The van der Waals surface area contributed by atoms with Crippen LogP contribution < -0.4 is 0 Å². The van der Waals surface area contributed by atoms with Gasteiger partial charge < -0.3 is 4.84 Å². The van der Waals surface area contributed by atoms with Crippen LogP contribution in [0.1, 0.15) is 59.3 Å². The first-order chi connectivity index (χ1) is 6.08. The summed E-state index contributed by atoms with van der Waals surface area (Å²) in [5.41, 5.74) is 1.12. The lowest BCUT2D eigenvalue weighted by Gasteiger charge is -2.16. The highest BCUT2D eigenvalue weighted by Crippen LogP contribution is 2.16. The highest BCUT2D eigenvalue weighted by molar-refractivity contribution is 5.84. The summed E-state index contributed by atoms with van der Waals surface area (Å²) >= 11 is 0. The van der Waals surface area contributed by atoms with Gasteiger partial charge in [0.25, 0.3) is 0 Å². The summed E-state index contributed by atoms with van der Waals surface area (Å²) in [6.07, 6.45) is 7.55. The molecule has 0 aromatic rings. The minimum absolute atomic E-state index is 0.140. The molecule has 0 bridgehead atoms. The van der Waals surface area contributed by atoms with Gasteiger partial charge >= 0.3 is 0 Å². The van der Waals surface area contributed by atoms with Crippen molar-refractivity contribution < 1.29 is 4.84 Å². The van der Waals surface area contributed by atoms with Gasteiger partial charge in [0, 0.05) is 0 Å². The average Bonchev–Trinajstić information content (AvgIpc) is 2.26. The SMILES string of the molecule is CC(C)(C)ON=C1CCCCCC1. The molecule has 0 aliphatic heterocycles. The van der Waals surface area contributed by atoms with E-state index in [0.29, 0.717) is 0 Å². The van der Waals surface area contributed by atoms with Crippen molar-refractivity contribution in [1.29, 1.82) is 0 Å². The molecule has 0 atom stereocenters. The Morgan fingerprint density at radius 1 is 1.00 bits per heavy atom. The standard InChI is InChI=1S/C11H21NO/c1-11(2,3)13-12-10-8-6-4-5-7-9-10/h4-9H2,1-3H3. The van der Waals surface area contributed by atoms with Crippen LogP contribution in [0.15, 0.2) is 5.16 Å². The molecular formula is C11H21NO. The molecule has 0 N–H and O–H groups in total. The van der Waals surface area contributed by atoms with E-state index in [0.717, 1.165) is 12.8 Å². The van der Waals surface area contributed by atoms with Gasteiger partial charge in [-0.3, -0.25) is 0 Å². The molecule has 1 aliphatic rings. The van der Waals surface area contributed by atoms with E-state index in [9.17, 15) is 0 Å². The average molecular weight is 183 g/mol. The van der Waals surface area contributed by atoms with Gasteiger partial charge in [-0.15, -0.1) is 0 Å². The Morgan fingerprint density at radius 3 is 2.00 bits per heavy atom. The van der Waals surface area contributed by atoms with Crippen LogP contribution in [-0.2, 0) is 4.84 Å². The van der Waals surface area contributed by atoms with Crippen LogP contribution in [0, 0.1) is 0 Å². The van der Waals surface area contributed by atoms with E-state index < -0.39 is 0 Å². The number of hydrogen-bond acceptors (Lipinski definition) is 2. The first kappa shape index (κ1) is 10.6. The molecule has 2 nitrogen and oxygen atoms in total. The Hall–Kier alpha value is -0.530. The minimum atomic E-state index is -0.140. The van der Waals surface area contributed by atoms with Crippen LogP contribution >= 0.6 is 0 Å². The van der Waals surface area contributed by atoms with Crippen molar-refractivity contribution in [2.75, 3.05) is 0 Å². The predicted molar refractivity (Wildman–Crippen MR) is 56.0 cm³/mol. The maximum atomic E-state index is 5.41. The summed E-state index contributed by atoms with van der Waals surface area (Å²) in [7, 11) is 0. The summed E-state index contributed by atoms with van der Waals surface area (Å²) in [6, 6.07) is 0. The van der Waals surface area contributed by atoms with E-state index in [1.165, 1.54) is 31.4 Å². The first-order valence-corrected chi connectivity index (χ1v) is 5.32. The third kappa shape index (κ3) is 4.91. The summed E-state index contributed by atoms with van der Waals surface area (Å²) in [5, 5.41) is 4.23. The minimum Gasteiger partial charge on any atom is -0.390 e. The first-order valence-electron chi connectivity index (χ1n) is 5.32. The van der Waals surface area contributed by atoms with Gasteiger partial charge in [0.15, 0.2) is 0 Å². The molecule has 0 unspecified atom stereocenters. The number of oxime groups is 1. The van der Waals surface area contributed by atoms with Gasteiger partial charge in [0.2, 0.25) is 0 Å². The van der Waals surface area contributed by atoms with Crippen LogP contribution in [0.4, 0.5) is 0 Å². The number of hydrogen-bond donors (Lipinski definition) is 0. The summed E-state index contributed by atoms with van der Waals surface area (Å²) in [4.78, 5) is 5.41. The third-order valence-corrected chi connectivity index (χ3v) is 2.13. The highest BCUT2D eigenvalue weighted by atomic mass is 16.6. The fourth-order valence-electron chi connectivity index (χ4n) is 1.43. The maximum Gasteiger partial charge on any atom is 0.129 e. The van der Waals surface area contributed by atoms with Crippen LogP contribution in [0.25, 0.3) is 0 Å². The van der Waals surface area contributed by atoms with E-state index in [1.807, 2.05) is 20.8 Å². The Labute approximate surface area is 81.3 Å². The summed E-state index contributed by atoms with van der Waals surface area (Å²) in [6.45, 7) is 6.11. The van der Waals surface area contributed by atoms with E-state index in [1.54, 1.807) is 0 Å². The lowest BCUT2D eigenvalue weighted by molar-refractivity contribution is 0.000209. The fraction of sp³-hybridized carbons (Fsp3) is 0.909. The zero-order valence-corrected chi connectivity index (χ0v) is 9.10. The monoisotopic (exact) mass is 183 g/mol. The van der Waals surface area contributed by atoms with Crippen molar-refractivity contribution >= 4 is 5.71 Å². The molecule has 0 saturated heterocycles. The van der Waals surface area contributed by atoms with Crippen LogP contribution in [0.3, 0.4) is 0 Å². The van der Waals surface area contributed by atoms with Crippen molar-refractivity contribution in [2.45, 2.75) is 64.9 Å². The van der Waals surface area contributed by atoms with Crippen LogP contribution in [-0.4, -0.2) is 11.3 Å². The molecule has 0 aromatic carbocycles. The van der Waals surface area contributed by atoms with Crippen molar-refractivity contribution in [3.05, 3.63) is 0 Å². The molecule has 76 valence electrons. The molecule has 0 spiro atoms. The molecule has 0 heterocycles. The highest BCUT2D eigenvalue weighted by Gasteiger charge is 2.12. The Bertz CT molecular complexity index is 169. The van der Waals surface area contributed by atoms with Crippen molar-refractivity contribution in [1.82, 2.24) is 0 Å². The van der Waals surface area contributed by atoms with Gasteiger partial charge in [-0.1, -0.05) is 18.0 Å². The van der Waals surface area contributed by atoms with E-state index in [-0.39, 0.29) is 5.60 Å². The molecule has 1 rings (SSSR count). The topological polar surface area (TPSA) is 21.6 Å². The molecule has 0 radical (unpaired) electrons. The van der Waals surface area contributed by atoms with Gasteiger partial charge in [-0.2, -0.15) is 0 Å². The van der Waals surface area contributed by atoms with Crippen molar-refractivity contribution in [3.63, 3.8) is 0 Å². The smallest absolute Gasteiger partial charge is 0.129 e. The third-order valence-electron chi connectivity index (χ3n) is 2.13. The second-order valence-corrected chi connectivity index (χ2v) is 4.78. The Balaban J connectivity index is 2.39. The van der Waals surface area contributed by atoms with Crippen LogP contribution in [0.5, 0.6) is 0 Å².